The lowest BCUT2D eigenvalue weighted by Crippen LogP contribution is -2.00. The highest BCUT2D eigenvalue weighted by Crippen LogP contribution is 1.88. The summed E-state index contributed by atoms with van der Waals surface area (Å²) in [5.41, 5.74) is 0. The molecule has 0 saturated heterocycles. The number of unbranched alkanes of at least 4 members (excludes halogenated alkanes) is 1. The fraction of sp³-hybridized carbons (Fsp3) is 0.571. The summed E-state index contributed by atoms with van der Waals surface area (Å²) in [5.74, 6) is -0.330. The van der Waals surface area contributed by atoms with Crippen molar-refractivity contribution in [3.05, 3.63) is 12.7 Å². The molecule has 0 saturated carbocycles. The molecule has 0 spiro atoms. The highest BCUT2D eigenvalue weighted by Gasteiger charge is 1.91. The van der Waals surface area contributed by atoms with Crippen molar-refractivity contribution in [2.75, 3.05) is 6.61 Å². The highest BCUT2D eigenvalue weighted by molar-refractivity contribution is 5.81. The molecule has 0 fully saturated rings. The first-order valence-corrected chi connectivity index (χ1v) is 3.10. The molecule has 0 aromatic heterocycles. The van der Waals surface area contributed by atoms with E-state index in [0.29, 0.717) is 6.61 Å². The van der Waals surface area contributed by atoms with E-state index in [0.717, 1.165) is 12.8 Å². The van der Waals surface area contributed by atoms with Gasteiger partial charge in [-0.2, -0.15) is 0 Å². The second kappa shape index (κ2) is 8.17. The van der Waals surface area contributed by atoms with Crippen molar-refractivity contribution in [3.63, 3.8) is 0 Å². The molecule has 0 rings (SSSR count). The number of carbonyl (C=O) groups is 1. The minimum Gasteiger partial charge on any atom is -0.463 e. The van der Waals surface area contributed by atoms with Crippen molar-refractivity contribution in [2.24, 2.45) is 0 Å². The molecule has 0 unspecified atom stereocenters. The molecule has 0 heterocycles. The molecule has 0 aliphatic rings. The average molecular weight is 146 g/mol. The topological polar surface area (TPSA) is 57.8 Å². The summed E-state index contributed by atoms with van der Waals surface area (Å²) < 4.78 is 4.67. The zero-order valence-corrected chi connectivity index (χ0v) is 6.22. The molecule has 0 radical (unpaired) electrons. The van der Waals surface area contributed by atoms with Crippen LogP contribution in [0.4, 0.5) is 0 Å². The molecule has 2 N–H and O–H groups in total. The number of ether oxygens (including phenoxy) is 1. The van der Waals surface area contributed by atoms with Crippen LogP contribution in [0.15, 0.2) is 12.7 Å². The quantitative estimate of drug-likeness (QED) is 0.333. The molecule has 3 nitrogen and oxygen atoms in total. The Hall–Kier alpha value is -0.830. The zero-order valence-electron chi connectivity index (χ0n) is 6.22. The van der Waals surface area contributed by atoms with Gasteiger partial charge in [0.05, 0.1) is 6.61 Å². The minimum atomic E-state index is -0.330. The maximum absolute atomic E-state index is 10.3. The van der Waals surface area contributed by atoms with Gasteiger partial charge in [-0.3, -0.25) is 0 Å². The van der Waals surface area contributed by atoms with Crippen molar-refractivity contribution >= 4 is 5.97 Å². The van der Waals surface area contributed by atoms with E-state index >= 15 is 0 Å². The van der Waals surface area contributed by atoms with Gasteiger partial charge in [-0.15, -0.1) is 0 Å². The van der Waals surface area contributed by atoms with E-state index in [-0.39, 0.29) is 11.4 Å². The maximum Gasteiger partial charge on any atom is 0.330 e. The summed E-state index contributed by atoms with van der Waals surface area (Å²) in [5, 5.41) is 0. The van der Waals surface area contributed by atoms with E-state index in [9.17, 15) is 4.79 Å². The molecule has 0 bridgehead atoms. The summed E-state index contributed by atoms with van der Waals surface area (Å²) in [4.78, 5) is 10.3. The standard InChI is InChI=1S/C7H12O2.H2O/c1-3-5-6-9-7(8)4-2;/h4H,2-3,5-6H2,1H3;1H2. The van der Waals surface area contributed by atoms with E-state index in [4.69, 9.17) is 0 Å². The first-order valence-electron chi connectivity index (χ1n) is 3.10. The predicted molar refractivity (Wildman–Crippen MR) is 39.7 cm³/mol. The van der Waals surface area contributed by atoms with Crippen molar-refractivity contribution < 1.29 is 15.0 Å². The van der Waals surface area contributed by atoms with Crippen LogP contribution in [0.25, 0.3) is 0 Å². The lowest BCUT2D eigenvalue weighted by Gasteiger charge is -1.97. The van der Waals surface area contributed by atoms with E-state index in [1.165, 1.54) is 6.08 Å². The second-order valence-electron chi connectivity index (χ2n) is 1.73. The summed E-state index contributed by atoms with van der Waals surface area (Å²) in [6, 6.07) is 0. The third kappa shape index (κ3) is 7.17. The van der Waals surface area contributed by atoms with E-state index in [2.05, 4.69) is 11.3 Å². The van der Waals surface area contributed by atoms with Gasteiger partial charge in [-0.05, 0) is 6.42 Å². The van der Waals surface area contributed by atoms with Gasteiger partial charge < -0.3 is 10.2 Å². The number of esters is 1. The summed E-state index contributed by atoms with van der Waals surface area (Å²) in [7, 11) is 0. The van der Waals surface area contributed by atoms with E-state index in [1.54, 1.807) is 0 Å². The van der Waals surface area contributed by atoms with Crippen molar-refractivity contribution in [2.45, 2.75) is 19.8 Å². The third-order valence-electron chi connectivity index (χ3n) is 0.909. The average Bonchev–Trinajstić information content (AvgIpc) is 1.89. The van der Waals surface area contributed by atoms with Crippen LogP contribution in [0.3, 0.4) is 0 Å². The monoisotopic (exact) mass is 146 g/mol. The molecule has 0 aliphatic carbocycles. The largest absolute Gasteiger partial charge is 0.463 e. The number of hydrogen-bond acceptors (Lipinski definition) is 2. The van der Waals surface area contributed by atoms with Gasteiger partial charge >= 0.3 is 5.97 Å². The summed E-state index contributed by atoms with van der Waals surface area (Å²) in [6.45, 7) is 5.82. The Balaban J connectivity index is 0. The Labute approximate surface area is 61.0 Å². The first-order chi connectivity index (χ1) is 4.31. The van der Waals surface area contributed by atoms with Gasteiger partial charge in [0, 0.05) is 6.08 Å². The molecule has 0 aromatic carbocycles. The molecule has 0 aliphatic heterocycles. The van der Waals surface area contributed by atoms with Crippen LogP contribution in [-0.4, -0.2) is 18.1 Å². The Morgan fingerprint density at radius 3 is 2.70 bits per heavy atom. The molecule has 0 atom stereocenters. The lowest BCUT2D eigenvalue weighted by molar-refractivity contribution is -0.137. The van der Waals surface area contributed by atoms with Crippen LogP contribution in [-0.2, 0) is 9.53 Å². The van der Waals surface area contributed by atoms with Gasteiger partial charge in [-0.1, -0.05) is 19.9 Å². The fourth-order valence-corrected chi connectivity index (χ4v) is 0.376. The van der Waals surface area contributed by atoms with Crippen LogP contribution >= 0.6 is 0 Å². The third-order valence-corrected chi connectivity index (χ3v) is 0.909. The molecular formula is C7H14O3. The van der Waals surface area contributed by atoms with Gasteiger partial charge in [0.1, 0.15) is 0 Å². The molecule has 0 amide bonds. The molecule has 3 heteroatoms. The van der Waals surface area contributed by atoms with Gasteiger partial charge in [0.2, 0.25) is 0 Å². The lowest BCUT2D eigenvalue weighted by atomic mass is 10.4. The highest BCUT2D eigenvalue weighted by atomic mass is 16.5. The maximum atomic E-state index is 10.3. The van der Waals surface area contributed by atoms with Crippen LogP contribution in [0.2, 0.25) is 0 Å². The van der Waals surface area contributed by atoms with Crippen LogP contribution in [0, 0.1) is 0 Å². The van der Waals surface area contributed by atoms with Crippen LogP contribution in [0.1, 0.15) is 19.8 Å². The molecule has 60 valence electrons. The van der Waals surface area contributed by atoms with Crippen molar-refractivity contribution in [1.29, 1.82) is 0 Å². The fourth-order valence-electron chi connectivity index (χ4n) is 0.376. The number of hydrogen-bond donors (Lipinski definition) is 0. The predicted octanol–water partition coefficient (Wildman–Crippen LogP) is 0.691. The number of rotatable bonds is 4. The van der Waals surface area contributed by atoms with Gasteiger partial charge in [0.15, 0.2) is 0 Å². The second-order valence-corrected chi connectivity index (χ2v) is 1.73. The van der Waals surface area contributed by atoms with E-state index < -0.39 is 0 Å². The zero-order chi connectivity index (χ0) is 7.11. The van der Waals surface area contributed by atoms with Crippen LogP contribution < -0.4 is 0 Å². The van der Waals surface area contributed by atoms with E-state index in [1.807, 2.05) is 6.92 Å². The first kappa shape index (κ1) is 11.9. The van der Waals surface area contributed by atoms with Crippen LogP contribution in [0.5, 0.6) is 0 Å². The van der Waals surface area contributed by atoms with Gasteiger partial charge in [-0.25, -0.2) is 4.79 Å². The Bertz CT molecular complexity index is 99.0. The number of carbonyl (C=O) groups excluding carboxylic acids is 1. The Morgan fingerprint density at radius 2 is 2.30 bits per heavy atom. The normalized spacial score (nSPS) is 7.70. The molecular weight excluding hydrogens is 132 g/mol. The van der Waals surface area contributed by atoms with Crippen molar-refractivity contribution in [3.8, 4) is 0 Å². The SMILES string of the molecule is C=CC(=O)OCCCC.O. The molecule has 10 heavy (non-hydrogen) atoms. The minimum absolute atomic E-state index is 0. The Kier molecular flexibility index (Phi) is 9.73. The smallest absolute Gasteiger partial charge is 0.330 e. The Morgan fingerprint density at radius 1 is 1.70 bits per heavy atom. The van der Waals surface area contributed by atoms with Gasteiger partial charge in [0.25, 0.3) is 0 Å². The summed E-state index contributed by atoms with van der Waals surface area (Å²) in [6.07, 6.45) is 3.15. The summed E-state index contributed by atoms with van der Waals surface area (Å²) >= 11 is 0. The molecule has 0 aromatic rings. The van der Waals surface area contributed by atoms with Crippen molar-refractivity contribution in [1.82, 2.24) is 0 Å².